The third-order valence-electron chi connectivity index (χ3n) is 5.42. The van der Waals surface area contributed by atoms with E-state index in [0.717, 1.165) is 51.1 Å². The molecule has 7 nitrogen and oxygen atoms in total. The van der Waals surface area contributed by atoms with Crippen LogP contribution in [-0.2, 0) is 6.54 Å². The van der Waals surface area contributed by atoms with E-state index in [1.807, 2.05) is 37.3 Å². The maximum Gasteiger partial charge on any atom is 0.170 e. The fraction of sp³-hybridized carbons (Fsp3) is 0.0870. The second-order valence-corrected chi connectivity index (χ2v) is 7.22. The molecule has 0 fully saturated rings. The SMILES string of the molecule is Cc1onc(-c2ccccc2)c1-c1nnc2n1Cc1ccc(-c3cnccn3)cc1-2. The van der Waals surface area contributed by atoms with Crippen molar-refractivity contribution < 1.29 is 4.52 Å². The topological polar surface area (TPSA) is 82.5 Å². The number of hydrogen-bond acceptors (Lipinski definition) is 6. The zero-order valence-corrected chi connectivity index (χ0v) is 16.1. The summed E-state index contributed by atoms with van der Waals surface area (Å²) in [6, 6.07) is 16.3. The first-order chi connectivity index (χ1) is 14.8. The molecule has 0 aliphatic carbocycles. The molecule has 6 rings (SSSR count). The molecular formula is C23H16N6O. The van der Waals surface area contributed by atoms with Crippen molar-refractivity contribution in [2.45, 2.75) is 13.5 Å². The predicted octanol–water partition coefficient (Wildman–Crippen LogP) is 4.39. The van der Waals surface area contributed by atoms with E-state index in [2.05, 4.69) is 48.1 Å². The van der Waals surface area contributed by atoms with Gasteiger partial charge in [0.1, 0.15) is 11.5 Å². The minimum Gasteiger partial charge on any atom is -0.360 e. The number of aryl methyl sites for hydroxylation is 1. The fourth-order valence-corrected chi connectivity index (χ4v) is 3.97. The summed E-state index contributed by atoms with van der Waals surface area (Å²) in [5.41, 5.74) is 6.74. The van der Waals surface area contributed by atoms with Gasteiger partial charge in [-0.1, -0.05) is 47.6 Å². The van der Waals surface area contributed by atoms with Crippen molar-refractivity contribution >= 4 is 0 Å². The summed E-state index contributed by atoms with van der Waals surface area (Å²) in [5.74, 6) is 2.32. The van der Waals surface area contributed by atoms with E-state index in [-0.39, 0.29) is 0 Å². The van der Waals surface area contributed by atoms with Gasteiger partial charge in [-0.15, -0.1) is 10.2 Å². The van der Waals surface area contributed by atoms with Crippen LogP contribution < -0.4 is 0 Å². The smallest absolute Gasteiger partial charge is 0.170 e. The second-order valence-electron chi connectivity index (χ2n) is 7.22. The second kappa shape index (κ2) is 6.45. The van der Waals surface area contributed by atoms with Gasteiger partial charge in [0.15, 0.2) is 11.6 Å². The van der Waals surface area contributed by atoms with Gasteiger partial charge in [0.05, 0.1) is 24.0 Å². The molecule has 0 saturated carbocycles. The van der Waals surface area contributed by atoms with Gasteiger partial charge in [-0.25, -0.2) is 0 Å². The average molecular weight is 392 g/mol. The van der Waals surface area contributed by atoms with Crippen LogP contribution in [0.5, 0.6) is 0 Å². The van der Waals surface area contributed by atoms with Gasteiger partial charge in [0, 0.05) is 29.1 Å². The number of hydrogen-bond donors (Lipinski definition) is 0. The molecule has 3 aromatic heterocycles. The highest BCUT2D eigenvalue weighted by Crippen LogP contribution is 2.39. The number of benzene rings is 2. The highest BCUT2D eigenvalue weighted by atomic mass is 16.5. The van der Waals surface area contributed by atoms with Crippen molar-refractivity contribution in [1.82, 2.24) is 29.9 Å². The molecule has 2 aromatic carbocycles. The third kappa shape index (κ3) is 2.49. The summed E-state index contributed by atoms with van der Waals surface area (Å²) >= 11 is 0. The fourth-order valence-electron chi connectivity index (χ4n) is 3.97. The Morgan fingerprint density at radius 1 is 0.933 bits per heavy atom. The van der Waals surface area contributed by atoms with Crippen molar-refractivity contribution in [1.29, 1.82) is 0 Å². The highest BCUT2D eigenvalue weighted by molar-refractivity contribution is 5.81. The molecule has 1 aliphatic heterocycles. The molecule has 0 radical (unpaired) electrons. The quantitative estimate of drug-likeness (QED) is 0.444. The number of nitrogens with zero attached hydrogens (tertiary/aromatic N) is 6. The van der Waals surface area contributed by atoms with Gasteiger partial charge in [-0.2, -0.15) is 0 Å². The standard InChI is InChI=1S/C23H16N6O/c1-14-20(21(28-30-14)15-5-3-2-4-6-15)23-27-26-22-18-11-16(19-12-24-9-10-25-19)7-8-17(18)13-29(22)23/h2-12H,13H2,1H3. The molecular weight excluding hydrogens is 376 g/mol. The van der Waals surface area contributed by atoms with Gasteiger partial charge in [0.25, 0.3) is 0 Å². The first kappa shape index (κ1) is 16.8. The molecule has 0 N–H and O–H groups in total. The van der Waals surface area contributed by atoms with Crippen molar-refractivity contribution in [3.05, 3.63) is 78.4 Å². The molecule has 144 valence electrons. The van der Waals surface area contributed by atoms with Gasteiger partial charge in [-0.3, -0.25) is 9.97 Å². The van der Waals surface area contributed by atoms with Crippen molar-refractivity contribution in [2.75, 3.05) is 0 Å². The van der Waals surface area contributed by atoms with Gasteiger partial charge < -0.3 is 9.09 Å². The zero-order valence-electron chi connectivity index (χ0n) is 16.1. The van der Waals surface area contributed by atoms with Crippen LogP contribution >= 0.6 is 0 Å². The lowest BCUT2D eigenvalue weighted by atomic mass is 10.0. The zero-order chi connectivity index (χ0) is 20.1. The maximum atomic E-state index is 5.54. The molecule has 0 atom stereocenters. The molecule has 0 amide bonds. The Morgan fingerprint density at radius 3 is 2.63 bits per heavy atom. The van der Waals surface area contributed by atoms with Crippen LogP contribution in [0.3, 0.4) is 0 Å². The molecule has 0 spiro atoms. The van der Waals surface area contributed by atoms with Crippen LogP contribution in [0.2, 0.25) is 0 Å². The summed E-state index contributed by atoms with van der Waals surface area (Å²) in [4.78, 5) is 8.58. The van der Waals surface area contributed by atoms with E-state index < -0.39 is 0 Å². The first-order valence-corrected chi connectivity index (χ1v) is 9.64. The Labute approximate surface area is 172 Å². The van der Waals surface area contributed by atoms with Crippen LogP contribution in [0.1, 0.15) is 11.3 Å². The molecule has 0 bridgehead atoms. The molecule has 30 heavy (non-hydrogen) atoms. The van der Waals surface area contributed by atoms with E-state index in [4.69, 9.17) is 4.52 Å². The third-order valence-corrected chi connectivity index (χ3v) is 5.42. The number of rotatable bonds is 3. The molecule has 0 unspecified atom stereocenters. The molecule has 5 aromatic rings. The molecule has 7 heteroatoms. The largest absolute Gasteiger partial charge is 0.360 e. The lowest BCUT2D eigenvalue weighted by Gasteiger charge is -2.04. The normalized spacial score (nSPS) is 12.0. The lowest BCUT2D eigenvalue weighted by molar-refractivity contribution is 0.400. The van der Waals surface area contributed by atoms with Crippen LogP contribution in [-0.4, -0.2) is 29.9 Å². The van der Waals surface area contributed by atoms with Crippen molar-refractivity contribution in [2.24, 2.45) is 0 Å². The number of aromatic nitrogens is 6. The maximum absolute atomic E-state index is 5.54. The summed E-state index contributed by atoms with van der Waals surface area (Å²) in [6.45, 7) is 2.61. The summed E-state index contributed by atoms with van der Waals surface area (Å²) in [5, 5.41) is 13.3. The predicted molar refractivity (Wildman–Crippen MR) is 111 cm³/mol. The Bertz CT molecular complexity index is 1370. The first-order valence-electron chi connectivity index (χ1n) is 9.64. The Morgan fingerprint density at radius 2 is 1.80 bits per heavy atom. The number of fused-ring (bicyclic) bond motifs is 3. The lowest BCUT2D eigenvalue weighted by Crippen LogP contribution is -1.98. The summed E-state index contributed by atoms with van der Waals surface area (Å²) < 4.78 is 7.66. The van der Waals surface area contributed by atoms with E-state index in [9.17, 15) is 0 Å². The van der Waals surface area contributed by atoms with Gasteiger partial charge in [0.2, 0.25) is 0 Å². The molecule has 0 saturated heterocycles. The monoisotopic (exact) mass is 392 g/mol. The van der Waals surface area contributed by atoms with E-state index in [1.54, 1.807) is 18.6 Å². The molecule has 4 heterocycles. The van der Waals surface area contributed by atoms with Gasteiger partial charge in [-0.05, 0) is 18.6 Å². The molecule has 1 aliphatic rings. The van der Waals surface area contributed by atoms with Gasteiger partial charge >= 0.3 is 0 Å². The van der Waals surface area contributed by atoms with Crippen LogP contribution in [0, 0.1) is 6.92 Å². The van der Waals surface area contributed by atoms with Crippen LogP contribution in [0.25, 0.3) is 45.3 Å². The van der Waals surface area contributed by atoms with E-state index in [1.165, 1.54) is 5.56 Å². The minimum absolute atomic E-state index is 0.701. The van der Waals surface area contributed by atoms with E-state index in [0.29, 0.717) is 6.54 Å². The minimum atomic E-state index is 0.701. The highest BCUT2D eigenvalue weighted by Gasteiger charge is 2.29. The van der Waals surface area contributed by atoms with Crippen molar-refractivity contribution in [3.8, 4) is 45.3 Å². The van der Waals surface area contributed by atoms with Crippen LogP contribution in [0.4, 0.5) is 0 Å². The summed E-state index contributed by atoms with van der Waals surface area (Å²) in [7, 11) is 0. The summed E-state index contributed by atoms with van der Waals surface area (Å²) in [6.07, 6.45) is 5.13. The Balaban J connectivity index is 1.48. The van der Waals surface area contributed by atoms with Crippen molar-refractivity contribution in [3.63, 3.8) is 0 Å². The van der Waals surface area contributed by atoms with E-state index >= 15 is 0 Å². The van der Waals surface area contributed by atoms with Crippen LogP contribution in [0.15, 0.2) is 71.6 Å². The Hall–Kier alpha value is -4.13. The average Bonchev–Trinajstić information content (AvgIpc) is 3.48. The Kier molecular flexibility index (Phi) is 3.61.